The van der Waals surface area contributed by atoms with E-state index in [2.05, 4.69) is 10.9 Å². The van der Waals surface area contributed by atoms with Crippen LogP contribution in [0.4, 0.5) is 0 Å². The Kier molecular flexibility index (Phi) is 3.89. The number of nitrogens with zero attached hydrogens (tertiary/aromatic N) is 1. The molecule has 0 saturated heterocycles. The van der Waals surface area contributed by atoms with Gasteiger partial charge in [0.05, 0.1) is 0 Å². The second-order valence-electron chi connectivity index (χ2n) is 1.36. The maximum Gasteiger partial charge on any atom is 1.00 e. The van der Waals surface area contributed by atoms with Crippen molar-refractivity contribution in [1.29, 1.82) is 0 Å². The summed E-state index contributed by atoms with van der Waals surface area (Å²) in [5, 5.41) is 0. The first kappa shape index (κ1) is 8.31. The molecule has 0 spiro atoms. The first-order valence-corrected chi connectivity index (χ1v) is 2.26. The summed E-state index contributed by atoms with van der Waals surface area (Å²) in [5.41, 5.74) is 0.764. The van der Waals surface area contributed by atoms with Gasteiger partial charge in [0.1, 0.15) is 0 Å². The normalized spacial score (nSPS) is 7.00. The molecule has 1 nitrogen and oxygen atoms in total. The second kappa shape index (κ2) is 4.21. The molecule has 1 aromatic rings. The molecule has 0 N–H and O–H groups in total. The molecular weight excluding hydrogens is 105 g/mol. The Hall–Kier alpha value is -0.693. The molecule has 1 heterocycles. The number of aromatic nitrogens is 1. The average molecular weight is 109 g/mol. The van der Waals surface area contributed by atoms with Crippen LogP contribution in [0, 0.1) is 12.3 Å². The van der Waals surface area contributed by atoms with Crippen LogP contribution < -0.4 is 18.9 Å². The van der Waals surface area contributed by atoms with Crippen LogP contribution in [-0.2, 0) is 0 Å². The average Bonchev–Trinajstić information content (AvgIpc) is 1.90. The predicted octanol–water partition coefficient (Wildman–Crippen LogP) is -1.98. The fourth-order valence-corrected chi connectivity index (χ4v) is 0.435. The molecule has 0 fully saturated rings. The van der Waals surface area contributed by atoms with E-state index in [9.17, 15) is 0 Å². The Morgan fingerprint density at radius 2 is 1.89 bits per heavy atom. The van der Waals surface area contributed by atoms with Crippen molar-refractivity contribution in [3.63, 3.8) is 0 Å². The van der Waals surface area contributed by atoms with Crippen LogP contribution in [0.2, 0.25) is 0 Å². The van der Waals surface area contributed by atoms with Gasteiger partial charge in [0.25, 0.3) is 0 Å². The van der Waals surface area contributed by atoms with Gasteiger partial charge >= 0.3 is 18.9 Å². The van der Waals surface area contributed by atoms with E-state index in [1.165, 1.54) is 0 Å². The number of hydrogen-bond acceptors (Lipinski definition) is 1. The topological polar surface area (TPSA) is 12.9 Å². The van der Waals surface area contributed by atoms with Crippen molar-refractivity contribution in [3.8, 4) is 5.92 Å². The maximum atomic E-state index is 6.67. The zero-order valence-corrected chi connectivity index (χ0v) is 5.26. The van der Waals surface area contributed by atoms with Gasteiger partial charge in [0.2, 0.25) is 0 Å². The number of rotatable bonds is 0. The van der Waals surface area contributed by atoms with Crippen molar-refractivity contribution < 1.29 is 18.9 Å². The molecule has 0 saturated carbocycles. The molecular formula is C7H4LiN. The van der Waals surface area contributed by atoms with Crippen LogP contribution in [0.1, 0.15) is 5.56 Å². The summed E-state index contributed by atoms with van der Waals surface area (Å²) in [6.45, 7) is 0. The maximum absolute atomic E-state index is 6.67. The molecule has 0 atom stereocenters. The smallest absolute Gasteiger partial charge is 0.366 e. The van der Waals surface area contributed by atoms with E-state index in [-0.39, 0.29) is 18.9 Å². The molecule has 0 amide bonds. The molecule has 38 valence electrons. The summed E-state index contributed by atoms with van der Waals surface area (Å²) < 4.78 is 0. The minimum absolute atomic E-state index is 0. The van der Waals surface area contributed by atoms with E-state index >= 15 is 0 Å². The van der Waals surface area contributed by atoms with E-state index in [0.717, 1.165) is 5.56 Å². The van der Waals surface area contributed by atoms with Gasteiger partial charge in [-0.2, -0.15) is 0 Å². The molecule has 1 rings (SSSR count). The van der Waals surface area contributed by atoms with Crippen molar-refractivity contribution in [2.45, 2.75) is 0 Å². The van der Waals surface area contributed by atoms with E-state index in [0.29, 0.717) is 0 Å². The molecule has 9 heavy (non-hydrogen) atoms. The molecule has 0 unspecified atom stereocenters. The predicted molar refractivity (Wildman–Crippen MR) is 30.5 cm³/mol. The van der Waals surface area contributed by atoms with Gasteiger partial charge < -0.3 is 6.42 Å². The monoisotopic (exact) mass is 109 g/mol. The molecule has 0 aliphatic carbocycles. The summed E-state index contributed by atoms with van der Waals surface area (Å²) in [6, 6.07) is 3.46. The fraction of sp³-hybridized carbons (Fsp3) is 0. The van der Waals surface area contributed by atoms with Crippen molar-refractivity contribution in [3.05, 3.63) is 36.5 Å². The van der Waals surface area contributed by atoms with Gasteiger partial charge in [-0.25, -0.2) is 0 Å². The van der Waals surface area contributed by atoms with Crippen molar-refractivity contribution in [1.82, 2.24) is 4.98 Å². The van der Waals surface area contributed by atoms with Crippen molar-refractivity contribution in [2.75, 3.05) is 0 Å². The minimum atomic E-state index is 0. The number of hydrogen-bond donors (Lipinski definition) is 0. The Bertz CT molecular complexity index is 200. The van der Waals surface area contributed by atoms with Crippen LogP contribution in [0.15, 0.2) is 24.5 Å². The zero-order chi connectivity index (χ0) is 5.82. The molecule has 0 radical (unpaired) electrons. The Labute approximate surface area is 66.7 Å². The fourth-order valence-electron chi connectivity index (χ4n) is 0.435. The van der Waals surface area contributed by atoms with Crippen LogP contribution in [-0.4, -0.2) is 4.98 Å². The summed E-state index contributed by atoms with van der Waals surface area (Å²) in [6.07, 6.45) is 9.94. The minimum Gasteiger partial charge on any atom is -0.366 e. The largest absolute Gasteiger partial charge is 1.00 e. The van der Waals surface area contributed by atoms with Crippen molar-refractivity contribution in [2.24, 2.45) is 0 Å². The molecule has 0 aliphatic heterocycles. The first-order valence-electron chi connectivity index (χ1n) is 2.26. The first-order chi connectivity index (χ1) is 3.93. The standard InChI is InChI=1S/C7H4N.Li/c1-2-7-3-5-8-6-4-7;/h3-6H;/q-1;+1. The van der Waals surface area contributed by atoms with Gasteiger partial charge in [-0.3, -0.25) is 10.9 Å². The molecule has 0 aromatic carbocycles. The van der Waals surface area contributed by atoms with Gasteiger partial charge in [0, 0.05) is 12.4 Å². The third-order valence-electron chi connectivity index (χ3n) is 0.825. The second-order valence-corrected chi connectivity index (χ2v) is 1.36. The van der Waals surface area contributed by atoms with Crippen LogP contribution >= 0.6 is 0 Å². The summed E-state index contributed by atoms with van der Waals surface area (Å²) in [4.78, 5) is 3.77. The molecule has 0 aliphatic rings. The molecule has 1 aromatic heterocycles. The third kappa shape index (κ3) is 2.38. The number of pyridine rings is 1. The van der Waals surface area contributed by atoms with E-state index in [4.69, 9.17) is 6.42 Å². The van der Waals surface area contributed by atoms with Gasteiger partial charge in [-0.15, -0.1) is 17.7 Å². The summed E-state index contributed by atoms with van der Waals surface area (Å²) in [7, 11) is 0. The Balaban J connectivity index is 0.000000640. The summed E-state index contributed by atoms with van der Waals surface area (Å²) >= 11 is 0. The van der Waals surface area contributed by atoms with Gasteiger partial charge in [-0.05, 0) is 0 Å². The zero-order valence-electron chi connectivity index (χ0n) is 5.26. The van der Waals surface area contributed by atoms with Gasteiger partial charge in [0.15, 0.2) is 0 Å². The van der Waals surface area contributed by atoms with Crippen molar-refractivity contribution >= 4 is 0 Å². The summed E-state index contributed by atoms with van der Waals surface area (Å²) in [5.74, 6) is 2.24. The van der Waals surface area contributed by atoms with E-state index in [1.807, 2.05) is 0 Å². The SMILES string of the molecule is [C-]#Cc1ccncc1.[Li+]. The Morgan fingerprint density at radius 3 is 2.22 bits per heavy atom. The van der Waals surface area contributed by atoms with E-state index < -0.39 is 0 Å². The quantitative estimate of drug-likeness (QED) is 0.214. The molecule has 0 bridgehead atoms. The van der Waals surface area contributed by atoms with Crippen LogP contribution in [0.5, 0.6) is 0 Å². The van der Waals surface area contributed by atoms with Crippen LogP contribution in [0.3, 0.4) is 0 Å². The third-order valence-corrected chi connectivity index (χ3v) is 0.825. The molecule has 2 heteroatoms. The van der Waals surface area contributed by atoms with Crippen LogP contribution in [0.25, 0.3) is 0 Å². The Morgan fingerprint density at radius 1 is 1.33 bits per heavy atom. The van der Waals surface area contributed by atoms with E-state index in [1.54, 1.807) is 24.5 Å². The van der Waals surface area contributed by atoms with Gasteiger partial charge in [-0.1, -0.05) is 0 Å².